The molecule has 0 unspecified atom stereocenters. The molecule has 1 aromatic heterocycles. The molecule has 0 saturated heterocycles. The summed E-state index contributed by atoms with van der Waals surface area (Å²) in [5.41, 5.74) is 0.570. The molecule has 0 aliphatic carbocycles. The van der Waals surface area contributed by atoms with Crippen molar-refractivity contribution in [3.05, 3.63) is 97.5 Å². The lowest BCUT2D eigenvalue weighted by Crippen LogP contribution is -2.22. The summed E-state index contributed by atoms with van der Waals surface area (Å²) >= 11 is 6.24. The maximum atomic E-state index is 13.1. The molecule has 33 heavy (non-hydrogen) atoms. The van der Waals surface area contributed by atoms with Crippen molar-refractivity contribution in [3.8, 4) is 5.69 Å². The number of nitro groups is 1. The Bertz CT molecular complexity index is 1600. The predicted octanol–water partition coefficient (Wildman–Crippen LogP) is 4.36. The van der Waals surface area contributed by atoms with Crippen molar-refractivity contribution in [3.63, 3.8) is 0 Å². The largest absolute Gasteiger partial charge is 0.278 e. The lowest BCUT2D eigenvalue weighted by molar-refractivity contribution is -0.385. The van der Waals surface area contributed by atoms with E-state index in [1.165, 1.54) is 35.8 Å². The Morgan fingerprint density at radius 1 is 1.06 bits per heavy atom. The topological polar surface area (TPSA) is 124 Å². The van der Waals surface area contributed by atoms with Crippen LogP contribution >= 0.6 is 11.6 Å². The number of sulfonamides is 1. The number of nitrogens with zero attached hydrogens (tertiary/aromatic N) is 3. The zero-order valence-corrected chi connectivity index (χ0v) is 19.0. The SMILES string of the molecule is Cc1ccc([N+](=O)[O-])cc1S(=O)(=O)Nc1cc(-n2c(C)nc3ccccc3c2=O)ccc1Cl. The van der Waals surface area contributed by atoms with Gasteiger partial charge in [-0.15, -0.1) is 0 Å². The van der Waals surface area contributed by atoms with Crippen molar-refractivity contribution in [2.45, 2.75) is 18.7 Å². The average Bonchev–Trinajstić information content (AvgIpc) is 2.75. The van der Waals surface area contributed by atoms with Gasteiger partial charge < -0.3 is 0 Å². The van der Waals surface area contributed by atoms with Crippen LogP contribution in [0.3, 0.4) is 0 Å². The zero-order chi connectivity index (χ0) is 23.9. The highest BCUT2D eigenvalue weighted by Gasteiger charge is 2.22. The molecular weight excluding hydrogens is 468 g/mol. The number of para-hydroxylation sites is 1. The minimum atomic E-state index is -4.22. The van der Waals surface area contributed by atoms with Crippen LogP contribution in [0.5, 0.6) is 0 Å². The van der Waals surface area contributed by atoms with Gasteiger partial charge in [0.2, 0.25) is 0 Å². The Hall–Kier alpha value is -3.76. The van der Waals surface area contributed by atoms with Crippen LogP contribution in [0.2, 0.25) is 5.02 Å². The van der Waals surface area contributed by atoms with Crippen LogP contribution < -0.4 is 10.3 Å². The van der Waals surface area contributed by atoms with Crippen LogP contribution in [-0.4, -0.2) is 22.9 Å². The number of rotatable bonds is 5. The number of halogens is 1. The van der Waals surface area contributed by atoms with E-state index in [-0.39, 0.29) is 26.9 Å². The summed E-state index contributed by atoms with van der Waals surface area (Å²) in [7, 11) is -4.22. The summed E-state index contributed by atoms with van der Waals surface area (Å²) in [6.45, 7) is 3.19. The second-order valence-electron chi connectivity index (χ2n) is 7.29. The van der Waals surface area contributed by atoms with Gasteiger partial charge in [-0.25, -0.2) is 13.4 Å². The Balaban J connectivity index is 1.82. The van der Waals surface area contributed by atoms with E-state index in [1.807, 2.05) is 0 Å². The molecule has 3 aromatic carbocycles. The number of fused-ring (bicyclic) bond motifs is 1. The molecule has 0 atom stereocenters. The molecule has 4 aromatic rings. The molecule has 0 fully saturated rings. The highest BCUT2D eigenvalue weighted by atomic mass is 35.5. The van der Waals surface area contributed by atoms with Gasteiger partial charge in [0.1, 0.15) is 5.82 Å². The number of anilines is 1. The number of hydrogen-bond donors (Lipinski definition) is 1. The summed E-state index contributed by atoms with van der Waals surface area (Å²) < 4.78 is 29.8. The van der Waals surface area contributed by atoms with Crippen LogP contribution in [0.1, 0.15) is 11.4 Å². The fourth-order valence-corrected chi connectivity index (χ4v) is 5.03. The molecule has 11 heteroatoms. The van der Waals surface area contributed by atoms with E-state index < -0.39 is 14.9 Å². The first kappa shape index (κ1) is 22.4. The number of aromatic nitrogens is 2. The Morgan fingerprint density at radius 3 is 2.52 bits per heavy atom. The average molecular weight is 485 g/mol. The number of hydrogen-bond acceptors (Lipinski definition) is 6. The van der Waals surface area contributed by atoms with E-state index in [4.69, 9.17) is 11.6 Å². The van der Waals surface area contributed by atoms with Gasteiger partial charge in [0.25, 0.3) is 21.3 Å². The van der Waals surface area contributed by atoms with Crippen molar-refractivity contribution < 1.29 is 13.3 Å². The molecule has 0 aliphatic rings. The molecule has 0 bridgehead atoms. The number of benzene rings is 3. The lowest BCUT2D eigenvalue weighted by Gasteiger charge is -2.15. The van der Waals surface area contributed by atoms with Gasteiger partial charge in [0.15, 0.2) is 0 Å². The fourth-order valence-electron chi connectivity index (χ4n) is 3.47. The summed E-state index contributed by atoms with van der Waals surface area (Å²) in [6.07, 6.45) is 0. The third kappa shape index (κ3) is 4.18. The number of nitrogens with one attached hydrogen (secondary N) is 1. The Labute approximate surface area is 193 Å². The monoisotopic (exact) mass is 484 g/mol. The van der Waals surface area contributed by atoms with Crippen molar-refractivity contribution in [2.24, 2.45) is 0 Å². The second-order valence-corrected chi connectivity index (χ2v) is 9.35. The summed E-state index contributed by atoms with van der Waals surface area (Å²) in [4.78, 5) is 27.7. The van der Waals surface area contributed by atoms with Crippen LogP contribution in [-0.2, 0) is 10.0 Å². The number of aryl methyl sites for hydroxylation is 2. The van der Waals surface area contributed by atoms with Crippen molar-refractivity contribution in [1.82, 2.24) is 9.55 Å². The van der Waals surface area contributed by atoms with Crippen molar-refractivity contribution in [1.29, 1.82) is 0 Å². The van der Waals surface area contributed by atoms with E-state index in [0.717, 1.165) is 6.07 Å². The second kappa shape index (κ2) is 8.30. The van der Waals surface area contributed by atoms with Gasteiger partial charge in [-0.05, 0) is 49.7 Å². The quantitative estimate of drug-likeness (QED) is 0.331. The van der Waals surface area contributed by atoms with Crippen LogP contribution in [0.15, 0.2) is 70.4 Å². The predicted molar refractivity (Wildman–Crippen MR) is 126 cm³/mol. The molecule has 1 N–H and O–H groups in total. The van der Waals surface area contributed by atoms with Gasteiger partial charge in [-0.2, -0.15) is 0 Å². The zero-order valence-electron chi connectivity index (χ0n) is 17.4. The molecule has 9 nitrogen and oxygen atoms in total. The van der Waals surface area contributed by atoms with Gasteiger partial charge in [0.05, 0.1) is 37.1 Å². The molecule has 168 valence electrons. The smallest absolute Gasteiger partial charge is 0.270 e. The van der Waals surface area contributed by atoms with Gasteiger partial charge in [0, 0.05) is 12.1 Å². The first-order valence-corrected chi connectivity index (χ1v) is 11.5. The molecule has 0 radical (unpaired) electrons. The van der Waals surface area contributed by atoms with Crippen LogP contribution in [0, 0.1) is 24.0 Å². The molecule has 4 rings (SSSR count). The summed E-state index contributed by atoms with van der Waals surface area (Å²) in [5.74, 6) is 0.407. The fraction of sp³-hybridized carbons (Fsp3) is 0.0909. The van der Waals surface area contributed by atoms with Gasteiger partial charge >= 0.3 is 0 Å². The normalized spacial score (nSPS) is 11.5. The molecule has 0 aliphatic heterocycles. The van der Waals surface area contributed by atoms with Crippen molar-refractivity contribution >= 4 is 43.9 Å². The van der Waals surface area contributed by atoms with Gasteiger partial charge in [-0.3, -0.25) is 24.2 Å². The minimum absolute atomic E-state index is 0.0135. The van der Waals surface area contributed by atoms with Gasteiger partial charge in [-0.1, -0.05) is 29.8 Å². The van der Waals surface area contributed by atoms with E-state index in [0.29, 0.717) is 28.0 Å². The lowest BCUT2D eigenvalue weighted by atomic mass is 10.2. The third-order valence-electron chi connectivity index (χ3n) is 5.07. The third-order valence-corrected chi connectivity index (χ3v) is 6.91. The van der Waals surface area contributed by atoms with E-state index in [1.54, 1.807) is 37.3 Å². The minimum Gasteiger partial charge on any atom is -0.278 e. The standard InChI is InChI=1S/C22H17ClN4O5S/c1-13-7-8-16(27(29)30)12-21(13)33(31,32)25-20-11-15(9-10-18(20)23)26-14(2)24-19-6-4-3-5-17(19)22(26)28/h3-12,25H,1-2H3. The Kier molecular flexibility index (Phi) is 5.64. The number of nitro benzene ring substituents is 1. The van der Waals surface area contributed by atoms with E-state index >= 15 is 0 Å². The number of non-ortho nitro benzene ring substituents is 1. The molecule has 0 spiro atoms. The Morgan fingerprint density at radius 2 is 1.79 bits per heavy atom. The summed E-state index contributed by atoms with van der Waals surface area (Å²) in [6, 6.07) is 14.9. The first-order chi connectivity index (χ1) is 15.6. The maximum Gasteiger partial charge on any atom is 0.270 e. The molecule has 1 heterocycles. The van der Waals surface area contributed by atoms with E-state index in [2.05, 4.69) is 9.71 Å². The van der Waals surface area contributed by atoms with Crippen LogP contribution in [0.4, 0.5) is 11.4 Å². The highest BCUT2D eigenvalue weighted by Crippen LogP contribution is 2.29. The maximum absolute atomic E-state index is 13.1. The summed E-state index contributed by atoms with van der Waals surface area (Å²) in [5, 5.41) is 11.6. The first-order valence-electron chi connectivity index (χ1n) is 9.64. The highest BCUT2D eigenvalue weighted by molar-refractivity contribution is 7.92. The van der Waals surface area contributed by atoms with E-state index in [9.17, 15) is 23.3 Å². The molecule has 0 amide bonds. The molecular formula is C22H17ClN4O5S. The van der Waals surface area contributed by atoms with Crippen LogP contribution in [0.25, 0.3) is 16.6 Å². The molecule has 0 saturated carbocycles. The van der Waals surface area contributed by atoms with Crippen molar-refractivity contribution in [2.75, 3.05) is 4.72 Å².